The van der Waals surface area contributed by atoms with E-state index in [-0.39, 0.29) is 35.8 Å². The van der Waals surface area contributed by atoms with Gasteiger partial charge in [-0.25, -0.2) is 17.8 Å². The minimum absolute atomic E-state index is 0.00198. The minimum Gasteiger partial charge on any atom is -0.491 e. The molecule has 0 aliphatic rings. The molecule has 2 N–H and O–H groups in total. The lowest BCUT2D eigenvalue weighted by Gasteiger charge is -2.11. The van der Waals surface area contributed by atoms with Gasteiger partial charge in [-0.05, 0) is 36.8 Å². The van der Waals surface area contributed by atoms with Crippen LogP contribution < -0.4 is 9.46 Å². The normalized spacial score (nSPS) is 11.2. The first kappa shape index (κ1) is 20.3. The number of oxazole rings is 1. The maximum absolute atomic E-state index is 14.2. The SMILES string of the molecule is O=C(O)CCCOc1ccc(S(=O)(=O)Nc2cccc(-c3cnco3)c2)cc1F. The summed E-state index contributed by atoms with van der Waals surface area (Å²) >= 11 is 0. The van der Waals surface area contributed by atoms with Crippen molar-refractivity contribution in [2.45, 2.75) is 17.7 Å². The Morgan fingerprint density at radius 3 is 2.76 bits per heavy atom. The predicted octanol–water partition coefficient (Wildman–Crippen LogP) is 3.53. The number of aromatic nitrogens is 1. The highest BCUT2D eigenvalue weighted by Crippen LogP contribution is 2.26. The van der Waals surface area contributed by atoms with Crippen LogP contribution in [0.5, 0.6) is 5.75 Å². The second-order valence-corrected chi connectivity index (χ2v) is 7.67. The molecule has 0 aliphatic carbocycles. The fraction of sp³-hybridized carbons (Fsp3) is 0.158. The van der Waals surface area contributed by atoms with Crippen molar-refractivity contribution in [1.29, 1.82) is 0 Å². The highest BCUT2D eigenvalue weighted by atomic mass is 32.2. The lowest BCUT2D eigenvalue weighted by Crippen LogP contribution is -2.13. The Morgan fingerprint density at radius 2 is 2.07 bits per heavy atom. The molecular weight excluding hydrogens is 403 g/mol. The number of benzene rings is 2. The van der Waals surface area contributed by atoms with Crippen molar-refractivity contribution in [3.63, 3.8) is 0 Å². The number of rotatable bonds is 9. The Morgan fingerprint density at radius 1 is 1.24 bits per heavy atom. The van der Waals surface area contributed by atoms with Crippen molar-refractivity contribution in [3.05, 3.63) is 60.9 Å². The van der Waals surface area contributed by atoms with Crippen LogP contribution in [0.25, 0.3) is 11.3 Å². The highest BCUT2D eigenvalue weighted by molar-refractivity contribution is 7.92. The number of carboxylic acids is 1. The minimum atomic E-state index is -4.04. The molecule has 152 valence electrons. The molecule has 0 radical (unpaired) electrons. The van der Waals surface area contributed by atoms with Gasteiger partial charge in [-0.3, -0.25) is 9.52 Å². The number of hydrogen-bond donors (Lipinski definition) is 2. The van der Waals surface area contributed by atoms with Gasteiger partial charge in [0.15, 0.2) is 23.7 Å². The van der Waals surface area contributed by atoms with Crippen molar-refractivity contribution >= 4 is 21.7 Å². The quantitative estimate of drug-likeness (QED) is 0.508. The molecule has 0 atom stereocenters. The van der Waals surface area contributed by atoms with Gasteiger partial charge >= 0.3 is 5.97 Å². The van der Waals surface area contributed by atoms with Gasteiger partial charge in [0.2, 0.25) is 0 Å². The molecular formula is C19H17FN2O6S. The predicted molar refractivity (Wildman–Crippen MR) is 102 cm³/mol. The van der Waals surface area contributed by atoms with E-state index >= 15 is 0 Å². The molecule has 0 aliphatic heterocycles. The molecule has 0 bridgehead atoms. The fourth-order valence-corrected chi connectivity index (χ4v) is 3.54. The van der Waals surface area contributed by atoms with Crippen LogP contribution in [0.1, 0.15) is 12.8 Å². The van der Waals surface area contributed by atoms with Crippen molar-refractivity contribution in [1.82, 2.24) is 4.98 Å². The Kier molecular flexibility index (Phi) is 6.13. The number of carboxylic acid groups (broad SMARTS) is 1. The third-order valence-corrected chi connectivity index (χ3v) is 5.22. The summed E-state index contributed by atoms with van der Waals surface area (Å²) in [5.74, 6) is -1.52. The van der Waals surface area contributed by atoms with Crippen LogP contribution in [0.2, 0.25) is 0 Å². The Labute approximate surface area is 166 Å². The maximum atomic E-state index is 14.2. The molecule has 2 aromatic carbocycles. The lowest BCUT2D eigenvalue weighted by atomic mass is 10.2. The molecule has 0 spiro atoms. The maximum Gasteiger partial charge on any atom is 0.303 e. The van der Waals surface area contributed by atoms with E-state index in [0.29, 0.717) is 11.3 Å². The summed E-state index contributed by atoms with van der Waals surface area (Å²) in [5, 5.41) is 8.57. The topological polar surface area (TPSA) is 119 Å². The third kappa shape index (κ3) is 5.32. The number of carbonyl (C=O) groups is 1. The summed E-state index contributed by atoms with van der Waals surface area (Å²) in [6.45, 7) is 0.00198. The Hall–Kier alpha value is -3.40. The number of nitrogens with zero attached hydrogens (tertiary/aromatic N) is 1. The van der Waals surface area contributed by atoms with E-state index in [1.165, 1.54) is 24.7 Å². The zero-order chi connectivity index (χ0) is 20.9. The van der Waals surface area contributed by atoms with Crippen LogP contribution in [0, 0.1) is 5.82 Å². The lowest BCUT2D eigenvalue weighted by molar-refractivity contribution is -0.137. The summed E-state index contributed by atoms with van der Waals surface area (Å²) in [7, 11) is -4.04. The molecule has 0 unspecified atom stereocenters. The number of halogens is 1. The molecule has 10 heteroatoms. The van der Waals surface area contributed by atoms with Gasteiger partial charge in [0, 0.05) is 17.7 Å². The fourth-order valence-electron chi connectivity index (χ4n) is 2.48. The first-order valence-corrected chi connectivity index (χ1v) is 9.99. The zero-order valence-corrected chi connectivity index (χ0v) is 15.9. The molecule has 29 heavy (non-hydrogen) atoms. The Bertz CT molecular complexity index is 1100. The summed E-state index contributed by atoms with van der Waals surface area (Å²) in [4.78, 5) is 14.0. The number of nitrogens with one attached hydrogen (secondary N) is 1. The van der Waals surface area contributed by atoms with E-state index in [0.717, 1.165) is 6.07 Å². The van der Waals surface area contributed by atoms with Gasteiger partial charge < -0.3 is 14.3 Å². The molecule has 3 aromatic rings. The average molecular weight is 420 g/mol. The van der Waals surface area contributed by atoms with Crippen LogP contribution in [-0.2, 0) is 14.8 Å². The van der Waals surface area contributed by atoms with Gasteiger partial charge in [-0.1, -0.05) is 12.1 Å². The van der Waals surface area contributed by atoms with E-state index in [1.54, 1.807) is 24.3 Å². The average Bonchev–Trinajstić information content (AvgIpc) is 3.20. The van der Waals surface area contributed by atoms with E-state index in [4.69, 9.17) is 14.3 Å². The van der Waals surface area contributed by atoms with Crippen LogP contribution in [-0.4, -0.2) is 31.1 Å². The van der Waals surface area contributed by atoms with Gasteiger partial charge in [0.05, 0.1) is 17.7 Å². The monoisotopic (exact) mass is 420 g/mol. The molecule has 1 heterocycles. The van der Waals surface area contributed by atoms with E-state index in [1.807, 2.05) is 0 Å². The van der Waals surface area contributed by atoms with E-state index in [9.17, 15) is 17.6 Å². The number of hydrogen-bond acceptors (Lipinski definition) is 6. The van der Waals surface area contributed by atoms with Crippen molar-refractivity contribution in [3.8, 4) is 17.1 Å². The van der Waals surface area contributed by atoms with Crippen molar-refractivity contribution in [2.24, 2.45) is 0 Å². The summed E-state index contributed by atoms with van der Waals surface area (Å²) in [5.41, 5.74) is 0.896. The van der Waals surface area contributed by atoms with Crippen LogP contribution >= 0.6 is 0 Å². The molecule has 0 saturated heterocycles. The third-order valence-electron chi connectivity index (χ3n) is 3.84. The number of ether oxygens (including phenoxy) is 1. The van der Waals surface area contributed by atoms with E-state index in [2.05, 4.69) is 9.71 Å². The molecule has 1 aromatic heterocycles. The molecule has 8 nitrogen and oxygen atoms in total. The number of sulfonamides is 1. The standard InChI is InChI=1S/C19H17FN2O6S/c20-16-10-15(6-7-17(16)27-8-2-5-19(23)24)29(25,26)22-14-4-1-3-13(9-14)18-11-21-12-28-18/h1,3-4,6-7,9-12,22H,2,5,8H2,(H,23,24). The molecule has 0 saturated carbocycles. The zero-order valence-electron chi connectivity index (χ0n) is 15.0. The second kappa shape index (κ2) is 8.74. The highest BCUT2D eigenvalue weighted by Gasteiger charge is 2.18. The van der Waals surface area contributed by atoms with Gasteiger partial charge in [0.25, 0.3) is 10.0 Å². The number of aliphatic carboxylic acids is 1. The van der Waals surface area contributed by atoms with Crippen molar-refractivity contribution < 1.29 is 31.9 Å². The van der Waals surface area contributed by atoms with E-state index < -0.39 is 21.8 Å². The largest absolute Gasteiger partial charge is 0.491 e. The Balaban J connectivity index is 1.72. The van der Waals surface area contributed by atoms with Gasteiger partial charge in [-0.15, -0.1) is 0 Å². The summed E-state index contributed by atoms with van der Waals surface area (Å²) < 4.78 is 52.1. The molecule has 0 amide bonds. The van der Waals surface area contributed by atoms with Crippen molar-refractivity contribution in [2.75, 3.05) is 11.3 Å². The first-order valence-electron chi connectivity index (χ1n) is 8.51. The molecule has 0 fully saturated rings. The first-order chi connectivity index (χ1) is 13.8. The van der Waals surface area contributed by atoms with Gasteiger partial charge in [0.1, 0.15) is 0 Å². The summed E-state index contributed by atoms with van der Waals surface area (Å²) in [6, 6.07) is 9.73. The van der Waals surface area contributed by atoms with Gasteiger partial charge in [-0.2, -0.15) is 0 Å². The second-order valence-electron chi connectivity index (χ2n) is 5.99. The number of anilines is 1. The smallest absolute Gasteiger partial charge is 0.303 e. The van der Waals surface area contributed by atoms with Crippen LogP contribution in [0.3, 0.4) is 0 Å². The summed E-state index contributed by atoms with van der Waals surface area (Å²) in [6.07, 6.45) is 2.86. The van der Waals surface area contributed by atoms with Crippen LogP contribution in [0.4, 0.5) is 10.1 Å². The molecule has 3 rings (SSSR count). The van der Waals surface area contributed by atoms with Crippen LogP contribution in [0.15, 0.2) is 64.4 Å².